The van der Waals surface area contributed by atoms with Crippen LogP contribution in [0.1, 0.15) is 18.1 Å². The van der Waals surface area contributed by atoms with Crippen LogP contribution >= 0.6 is 0 Å². The summed E-state index contributed by atoms with van der Waals surface area (Å²) in [6.07, 6.45) is 3.38. The Morgan fingerprint density at radius 1 is 1.15 bits per heavy atom. The Balaban J connectivity index is 1.62. The number of fused-ring (bicyclic) bond motifs is 1. The van der Waals surface area contributed by atoms with Crippen molar-refractivity contribution >= 4 is 22.4 Å². The molecule has 1 fully saturated rings. The lowest BCUT2D eigenvalue weighted by Gasteiger charge is -2.26. The van der Waals surface area contributed by atoms with E-state index < -0.39 is 0 Å². The zero-order valence-corrected chi connectivity index (χ0v) is 20.3. The highest BCUT2D eigenvalue weighted by molar-refractivity contribution is 6.02. The van der Waals surface area contributed by atoms with Crippen LogP contribution in [-0.2, 0) is 9.53 Å². The van der Waals surface area contributed by atoms with Crippen LogP contribution in [0.4, 0.5) is 0 Å². The second-order valence-corrected chi connectivity index (χ2v) is 8.38. The molecule has 1 aromatic heterocycles. The third-order valence-corrected chi connectivity index (χ3v) is 6.25. The van der Waals surface area contributed by atoms with E-state index in [0.29, 0.717) is 12.3 Å². The normalized spacial score (nSPS) is 14.9. The second kappa shape index (κ2) is 10.8. The number of rotatable bonds is 8. The van der Waals surface area contributed by atoms with E-state index >= 15 is 0 Å². The van der Waals surface area contributed by atoms with Gasteiger partial charge in [-0.2, -0.15) is 0 Å². The van der Waals surface area contributed by atoms with Crippen molar-refractivity contribution in [3.63, 3.8) is 0 Å². The molecule has 1 saturated heterocycles. The summed E-state index contributed by atoms with van der Waals surface area (Å²) < 4.78 is 22.6. The number of carbonyl (C=O) groups excluding carboxylic acids is 1. The number of nitrogens with zero attached hydrogens (tertiary/aromatic N) is 1. The fourth-order valence-electron chi connectivity index (χ4n) is 4.43. The zero-order chi connectivity index (χ0) is 24.1. The van der Waals surface area contributed by atoms with Gasteiger partial charge >= 0.3 is 0 Å². The summed E-state index contributed by atoms with van der Waals surface area (Å²) in [6.45, 7) is 8.61. The highest BCUT2D eigenvalue weighted by atomic mass is 16.5. The van der Waals surface area contributed by atoms with E-state index in [1.165, 1.54) is 0 Å². The number of para-hydroxylation sites is 1. The average molecular weight is 465 g/mol. The van der Waals surface area contributed by atoms with Crippen LogP contribution in [0, 0.1) is 6.92 Å². The van der Waals surface area contributed by atoms with Crippen molar-refractivity contribution in [3.8, 4) is 22.6 Å². The Hall–Kier alpha value is -3.29. The van der Waals surface area contributed by atoms with E-state index in [1.54, 1.807) is 26.6 Å². The van der Waals surface area contributed by atoms with Gasteiger partial charge in [0.05, 0.1) is 33.7 Å². The van der Waals surface area contributed by atoms with Crippen LogP contribution < -0.4 is 14.8 Å². The van der Waals surface area contributed by atoms with E-state index in [4.69, 9.17) is 18.6 Å². The summed E-state index contributed by atoms with van der Waals surface area (Å²) in [4.78, 5) is 14.9. The molecule has 0 saturated carbocycles. The summed E-state index contributed by atoms with van der Waals surface area (Å²) in [6, 6.07) is 9.87. The van der Waals surface area contributed by atoms with Gasteiger partial charge in [0.15, 0.2) is 0 Å². The first-order chi connectivity index (χ1) is 16.5. The van der Waals surface area contributed by atoms with Crippen molar-refractivity contribution in [1.82, 2.24) is 10.2 Å². The maximum atomic E-state index is 12.6. The molecule has 0 aliphatic carbocycles. The molecule has 3 aromatic rings. The quantitative estimate of drug-likeness (QED) is 0.502. The van der Waals surface area contributed by atoms with E-state index in [9.17, 15) is 4.79 Å². The molecule has 0 unspecified atom stereocenters. The first-order valence-corrected chi connectivity index (χ1v) is 11.5. The highest BCUT2D eigenvalue weighted by Crippen LogP contribution is 2.42. The lowest BCUT2D eigenvalue weighted by Crippen LogP contribution is -2.41. The summed E-state index contributed by atoms with van der Waals surface area (Å²) in [5.41, 5.74) is 5.19. The lowest BCUT2D eigenvalue weighted by atomic mass is 9.96. The smallest absolute Gasteiger partial charge is 0.244 e. The number of benzene rings is 2. The van der Waals surface area contributed by atoms with E-state index in [0.717, 1.165) is 77.4 Å². The molecule has 0 atom stereocenters. The molecule has 0 radical (unpaired) electrons. The minimum absolute atomic E-state index is 0.122. The third kappa shape index (κ3) is 4.95. The second-order valence-electron chi connectivity index (χ2n) is 8.38. The lowest BCUT2D eigenvalue weighted by molar-refractivity contribution is -0.116. The Morgan fingerprint density at radius 2 is 1.91 bits per heavy atom. The molecule has 34 heavy (non-hydrogen) atoms. The van der Waals surface area contributed by atoms with Crippen molar-refractivity contribution in [1.29, 1.82) is 0 Å². The molecule has 2 aromatic carbocycles. The van der Waals surface area contributed by atoms with Gasteiger partial charge in [-0.05, 0) is 31.6 Å². The monoisotopic (exact) mass is 464 g/mol. The first-order valence-electron chi connectivity index (χ1n) is 11.5. The maximum absolute atomic E-state index is 12.6. The van der Waals surface area contributed by atoms with Gasteiger partial charge in [0, 0.05) is 59.9 Å². The van der Waals surface area contributed by atoms with Gasteiger partial charge in [-0.1, -0.05) is 18.2 Å². The van der Waals surface area contributed by atoms with E-state index in [-0.39, 0.29) is 5.91 Å². The predicted octanol–water partition coefficient (Wildman–Crippen LogP) is 4.28. The van der Waals surface area contributed by atoms with Gasteiger partial charge in [0.25, 0.3) is 0 Å². The predicted molar refractivity (Wildman–Crippen MR) is 133 cm³/mol. The van der Waals surface area contributed by atoms with E-state index in [1.807, 2.05) is 44.2 Å². The molecule has 1 N–H and O–H groups in total. The van der Waals surface area contributed by atoms with Crippen molar-refractivity contribution in [3.05, 3.63) is 53.8 Å². The number of hydrogen-bond acceptors (Lipinski definition) is 6. The molecule has 0 spiro atoms. The molecular weight excluding hydrogens is 432 g/mol. The van der Waals surface area contributed by atoms with E-state index in [2.05, 4.69) is 10.2 Å². The Morgan fingerprint density at radius 3 is 2.65 bits per heavy atom. The van der Waals surface area contributed by atoms with Gasteiger partial charge in [0.2, 0.25) is 5.91 Å². The maximum Gasteiger partial charge on any atom is 0.244 e. The molecule has 1 aliphatic heterocycles. The number of amides is 1. The largest absolute Gasteiger partial charge is 0.496 e. The molecule has 2 heterocycles. The third-order valence-electron chi connectivity index (χ3n) is 6.25. The van der Waals surface area contributed by atoms with Crippen molar-refractivity contribution in [2.75, 3.05) is 53.6 Å². The zero-order valence-electron chi connectivity index (χ0n) is 20.3. The van der Waals surface area contributed by atoms with Crippen LogP contribution in [0.2, 0.25) is 0 Å². The average Bonchev–Trinajstić information content (AvgIpc) is 3.28. The van der Waals surface area contributed by atoms with Crippen LogP contribution in [0.5, 0.6) is 11.5 Å². The number of ether oxygens (including phenoxy) is 3. The summed E-state index contributed by atoms with van der Waals surface area (Å²) in [5.74, 6) is 1.35. The van der Waals surface area contributed by atoms with Gasteiger partial charge in [-0.15, -0.1) is 0 Å². The van der Waals surface area contributed by atoms with Crippen molar-refractivity contribution < 1.29 is 23.4 Å². The molecule has 4 rings (SSSR count). The number of carbonyl (C=O) groups is 1. The summed E-state index contributed by atoms with van der Waals surface area (Å²) in [7, 11) is 3.29. The summed E-state index contributed by atoms with van der Waals surface area (Å²) in [5, 5.41) is 3.94. The Labute approximate surface area is 200 Å². The number of allylic oxidation sites excluding steroid dienone is 1. The molecule has 7 heteroatoms. The van der Waals surface area contributed by atoms with Crippen LogP contribution in [0.25, 0.3) is 27.7 Å². The first kappa shape index (κ1) is 23.9. The van der Waals surface area contributed by atoms with Crippen LogP contribution in [0.15, 0.2) is 47.1 Å². The highest BCUT2D eigenvalue weighted by Gasteiger charge is 2.20. The van der Waals surface area contributed by atoms with Crippen molar-refractivity contribution in [2.24, 2.45) is 0 Å². The number of aryl methyl sites for hydroxylation is 1. The number of hydrogen-bond donors (Lipinski definition) is 1. The standard InChI is InChI=1S/C27H32N2O5/c1-18(15-25(30)28-9-10-29-11-13-33-14-12-29)21-16-22-23(20-7-5-6-8-24(20)31-3)17-34-27(22)19(2)26(21)32-4/h5-8,15-17H,9-14H2,1-4H3,(H,28,30)/b18-15+. The molecule has 1 aliphatic rings. The van der Waals surface area contributed by atoms with Gasteiger partial charge in [-0.3, -0.25) is 9.69 Å². The van der Waals surface area contributed by atoms with Crippen molar-refractivity contribution in [2.45, 2.75) is 13.8 Å². The van der Waals surface area contributed by atoms with Gasteiger partial charge in [0.1, 0.15) is 17.1 Å². The molecule has 180 valence electrons. The minimum atomic E-state index is -0.122. The minimum Gasteiger partial charge on any atom is -0.496 e. The van der Waals surface area contributed by atoms with Gasteiger partial charge in [-0.25, -0.2) is 0 Å². The Bertz CT molecular complexity index is 1190. The fraction of sp³-hybridized carbons (Fsp3) is 0.370. The number of nitrogens with one attached hydrogen (secondary N) is 1. The molecular formula is C27H32N2O5. The topological polar surface area (TPSA) is 73.2 Å². The number of morpholine rings is 1. The fourth-order valence-corrected chi connectivity index (χ4v) is 4.43. The SMILES string of the molecule is COc1ccccc1-c1coc2c(C)c(OC)c(/C(C)=C/C(=O)NCCN3CCOCC3)cc12. The van der Waals surface area contributed by atoms with Gasteiger partial charge < -0.3 is 23.9 Å². The molecule has 1 amide bonds. The Kier molecular flexibility index (Phi) is 7.55. The number of furan rings is 1. The van der Waals surface area contributed by atoms with Crippen LogP contribution in [0.3, 0.4) is 0 Å². The molecule has 7 nitrogen and oxygen atoms in total. The summed E-state index contributed by atoms with van der Waals surface area (Å²) >= 11 is 0. The number of methoxy groups -OCH3 is 2. The molecule has 0 bridgehead atoms. The van der Waals surface area contributed by atoms with Crippen LogP contribution in [-0.4, -0.2) is 64.4 Å².